The molecule has 0 spiro atoms. The molecule has 1 fully saturated rings. The first-order valence-electron chi connectivity index (χ1n) is 8.42. The molecule has 0 atom stereocenters. The van der Waals surface area contributed by atoms with Crippen molar-refractivity contribution < 1.29 is 22.8 Å². The molecule has 0 radical (unpaired) electrons. The van der Waals surface area contributed by atoms with Crippen molar-refractivity contribution in [2.24, 2.45) is 0 Å². The maximum absolute atomic E-state index is 14.4. The Balaban J connectivity index is 2.06. The number of allylic oxidation sites excluding steroid dienone is 2. The Bertz CT molecular complexity index is 737. The second-order valence-electron chi connectivity index (χ2n) is 7.50. The van der Waals surface area contributed by atoms with E-state index in [0.29, 0.717) is 16.6 Å². The predicted octanol–water partition coefficient (Wildman–Crippen LogP) is 4.49. The average molecular weight is 362 g/mol. The molecule has 3 nitrogen and oxygen atoms in total. The molecule has 1 saturated heterocycles. The van der Waals surface area contributed by atoms with Gasteiger partial charge in [-0.3, -0.25) is 0 Å². The van der Waals surface area contributed by atoms with Crippen molar-refractivity contribution in [3.8, 4) is 5.75 Å². The van der Waals surface area contributed by atoms with Crippen molar-refractivity contribution in [1.29, 1.82) is 0 Å². The van der Waals surface area contributed by atoms with Crippen molar-refractivity contribution in [1.82, 2.24) is 0 Å². The predicted molar refractivity (Wildman–Crippen MR) is 101 cm³/mol. The lowest BCUT2D eigenvalue weighted by molar-refractivity contribution is 0.00578. The Kier molecular flexibility index (Phi) is 5.78. The summed E-state index contributed by atoms with van der Waals surface area (Å²) in [7, 11) is -0.647. The van der Waals surface area contributed by atoms with Gasteiger partial charge in [-0.15, -0.1) is 0 Å². The summed E-state index contributed by atoms with van der Waals surface area (Å²) in [5.41, 5.74) is 0.242. The molecule has 1 heterocycles. The van der Waals surface area contributed by atoms with Gasteiger partial charge in [0.05, 0.1) is 11.2 Å². The minimum atomic E-state index is -0.647. The summed E-state index contributed by atoms with van der Waals surface area (Å²) >= 11 is 0. The van der Waals surface area contributed by atoms with E-state index in [9.17, 15) is 8.78 Å². The Morgan fingerprint density at radius 1 is 1.19 bits per heavy atom. The maximum atomic E-state index is 14.4. The fourth-order valence-electron chi connectivity index (χ4n) is 2.27. The van der Waals surface area contributed by atoms with Crippen LogP contribution in [0, 0.1) is 5.82 Å². The van der Waals surface area contributed by atoms with E-state index in [1.54, 1.807) is 13.0 Å². The highest BCUT2D eigenvalue weighted by Crippen LogP contribution is 2.36. The molecule has 0 saturated carbocycles. The van der Waals surface area contributed by atoms with Crippen LogP contribution in [-0.4, -0.2) is 24.9 Å². The molecule has 0 aromatic heterocycles. The van der Waals surface area contributed by atoms with Crippen molar-refractivity contribution in [3.05, 3.63) is 60.2 Å². The van der Waals surface area contributed by atoms with Crippen LogP contribution in [0.3, 0.4) is 0 Å². The summed E-state index contributed by atoms with van der Waals surface area (Å²) < 4.78 is 45.0. The molecule has 0 bridgehead atoms. The smallest absolute Gasteiger partial charge is 0.486 e. The van der Waals surface area contributed by atoms with Crippen LogP contribution >= 0.6 is 0 Å². The molecule has 26 heavy (non-hydrogen) atoms. The second-order valence-corrected chi connectivity index (χ2v) is 7.50. The van der Waals surface area contributed by atoms with Gasteiger partial charge in [0, 0.05) is 0 Å². The Morgan fingerprint density at radius 3 is 2.27 bits per heavy atom. The molecule has 6 heteroatoms. The minimum Gasteiger partial charge on any atom is -0.486 e. The van der Waals surface area contributed by atoms with Gasteiger partial charge in [-0.25, -0.2) is 8.78 Å². The van der Waals surface area contributed by atoms with Crippen LogP contribution in [0.1, 0.15) is 34.6 Å². The molecule has 0 unspecified atom stereocenters. The Labute approximate surface area is 154 Å². The number of benzene rings is 1. The zero-order chi connectivity index (χ0) is 19.7. The van der Waals surface area contributed by atoms with Crippen LogP contribution in [-0.2, 0) is 9.31 Å². The number of hydrogen-bond donors (Lipinski definition) is 0. The molecular formula is C20H25BF2O3. The number of ether oxygens (including phenoxy) is 1. The highest BCUT2D eigenvalue weighted by atomic mass is 19.1. The molecular weight excluding hydrogens is 337 g/mol. The van der Waals surface area contributed by atoms with Gasteiger partial charge in [-0.05, 0) is 69.4 Å². The number of rotatable bonds is 6. The summed E-state index contributed by atoms with van der Waals surface area (Å²) in [4.78, 5) is 0. The van der Waals surface area contributed by atoms with Crippen LogP contribution in [0.15, 0.2) is 54.4 Å². The first-order valence-corrected chi connectivity index (χ1v) is 8.42. The molecule has 0 N–H and O–H groups in total. The van der Waals surface area contributed by atoms with Crippen LogP contribution < -0.4 is 10.2 Å². The third-order valence-corrected chi connectivity index (χ3v) is 4.63. The van der Waals surface area contributed by atoms with Gasteiger partial charge >= 0.3 is 7.12 Å². The molecule has 140 valence electrons. The highest BCUT2D eigenvalue weighted by Gasteiger charge is 2.51. The molecule has 2 rings (SSSR count). The lowest BCUT2D eigenvalue weighted by atomic mass is 9.79. The Morgan fingerprint density at radius 2 is 1.77 bits per heavy atom. The van der Waals surface area contributed by atoms with Crippen molar-refractivity contribution >= 4 is 12.6 Å². The van der Waals surface area contributed by atoms with E-state index >= 15 is 0 Å². The molecule has 1 aliphatic heterocycles. The zero-order valence-electron chi connectivity index (χ0n) is 16.0. The fourth-order valence-corrected chi connectivity index (χ4v) is 2.27. The molecule has 1 aromatic carbocycles. The monoisotopic (exact) mass is 362 g/mol. The largest absolute Gasteiger partial charge is 0.494 e. The molecule has 0 amide bonds. The molecule has 0 aliphatic carbocycles. The summed E-state index contributed by atoms with van der Waals surface area (Å²) in [6.07, 6.45) is 1.22. The van der Waals surface area contributed by atoms with Crippen molar-refractivity contribution in [3.63, 3.8) is 0 Å². The average Bonchev–Trinajstić information content (AvgIpc) is 2.74. The highest BCUT2D eigenvalue weighted by molar-refractivity contribution is 6.62. The normalized spacial score (nSPS) is 18.7. The second kappa shape index (κ2) is 7.37. The van der Waals surface area contributed by atoms with E-state index in [-0.39, 0.29) is 12.4 Å². The van der Waals surface area contributed by atoms with Crippen LogP contribution in [0.25, 0.3) is 0 Å². The van der Waals surface area contributed by atoms with Gasteiger partial charge in [0.1, 0.15) is 12.4 Å². The van der Waals surface area contributed by atoms with Gasteiger partial charge in [-0.2, -0.15) is 0 Å². The first kappa shape index (κ1) is 20.4. The summed E-state index contributed by atoms with van der Waals surface area (Å²) in [6.45, 7) is 16.4. The van der Waals surface area contributed by atoms with E-state index in [2.05, 4.69) is 13.2 Å². The van der Waals surface area contributed by atoms with Crippen LogP contribution in [0.4, 0.5) is 8.78 Å². The van der Waals surface area contributed by atoms with Gasteiger partial charge < -0.3 is 14.0 Å². The van der Waals surface area contributed by atoms with Gasteiger partial charge in [-0.1, -0.05) is 19.2 Å². The maximum Gasteiger partial charge on any atom is 0.494 e. The third kappa shape index (κ3) is 4.43. The fraction of sp³-hybridized carbons (Fsp3) is 0.400. The standard InChI is InChI=1S/C20H25BF2O3/c1-13(2)16(22)10-14(3)12-24-18-9-8-15(11-17(18)23)21-25-19(4,5)20(6,7)26-21/h8-11H,1,3,12H2,2,4-7H3/b16-10+. The van der Waals surface area contributed by atoms with E-state index in [1.165, 1.54) is 18.2 Å². The van der Waals surface area contributed by atoms with Gasteiger partial charge in [0.25, 0.3) is 0 Å². The van der Waals surface area contributed by atoms with Crippen LogP contribution in [0.5, 0.6) is 5.75 Å². The van der Waals surface area contributed by atoms with E-state index in [1.807, 2.05) is 27.7 Å². The van der Waals surface area contributed by atoms with Crippen molar-refractivity contribution in [2.45, 2.75) is 45.8 Å². The third-order valence-electron chi connectivity index (χ3n) is 4.63. The SMILES string of the molecule is C=C(/C=C(/F)C(=C)C)COc1ccc(B2OC(C)(C)C(C)(C)O2)cc1F. The Hall–Kier alpha value is -1.92. The topological polar surface area (TPSA) is 27.7 Å². The van der Waals surface area contributed by atoms with E-state index < -0.39 is 30.0 Å². The van der Waals surface area contributed by atoms with Crippen LogP contribution in [0.2, 0.25) is 0 Å². The first-order chi connectivity index (χ1) is 11.9. The lowest BCUT2D eigenvalue weighted by Crippen LogP contribution is -2.41. The van der Waals surface area contributed by atoms with E-state index in [0.717, 1.165) is 0 Å². The number of hydrogen-bond acceptors (Lipinski definition) is 3. The zero-order valence-corrected chi connectivity index (χ0v) is 16.0. The summed E-state index contributed by atoms with van der Waals surface area (Å²) in [5.74, 6) is -0.972. The summed E-state index contributed by atoms with van der Waals surface area (Å²) in [5, 5.41) is 0. The van der Waals surface area contributed by atoms with Gasteiger partial charge in [0.2, 0.25) is 0 Å². The quantitative estimate of drug-likeness (QED) is 0.551. The van der Waals surface area contributed by atoms with E-state index in [4.69, 9.17) is 14.0 Å². The lowest BCUT2D eigenvalue weighted by Gasteiger charge is -2.32. The van der Waals surface area contributed by atoms with Crippen molar-refractivity contribution in [2.75, 3.05) is 6.61 Å². The summed E-state index contributed by atoms with van der Waals surface area (Å²) in [6, 6.07) is 4.51. The minimum absolute atomic E-state index is 0.0343. The molecule has 1 aliphatic rings. The molecule has 1 aromatic rings. The number of halogens is 2. The van der Waals surface area contributed by atoms with Gasteiger partial charge in [0.15, 0.2) is 11.6 Å².